The highest BCUT2D eigenvalue weighted by Crippen LogP contribution is 2.26. The predicted octanol–water partition coefficient (Wildman–Crippen LogP) is 4.17. The van der Waals surface area contributed by atoms with Crippen molar-refractivity contribution in [3.63, 3.8) is 0 Å². The van der Waals surface area contributed by atoms with Crippen LogP contribution in [0, 0.1) is 6.92 Å². The summed E-state index contributed by atoms with van der Waals surface area (Å²) in [6.07, 6.45) is 0. The van der Waals surface area contributed by atoms with Crippen LogP contribution < -0.4 is 4.74 Å². The van der Waals surface area contributed by atoms with E-state index in [1.54, 1.807) is 4.90 Å². The molecule has 1 aliphatic rings. The van der Waals surface area contributed by atoms with Crippen molar-refractivity contribution >= 4 is 17.2 Å². The van der Waals surface area contributed by atoms with E-state index in [0.29, 0.717) is 38.6 Å². The average molecular weight is 394 g/mol. The number of aromatic nitrogens is 1. The Hall–Kier alpha value is -2.70. The molecule has 5 nitrogen and oxygen atoms in total. The Kier molecular flexibility index (Phi) is 5.69. The summed E-state index contributed by atoms with van der Waals surface area (Å²) in [5.41, 5.74) is 3.86. The second-order valence-corrected chi connectivity index (χ2v) is 7.60. The molecule has 1 aromatic heterocycles. The summed E-state index contributed by atoms with van der Waals surface area (Å²) in [6.45, 7) is 5.04. The van der Waals surface area contributed by atoms with Gasteiger partial charge in [-0.15, -0.1) is 11.3 Å². The Morgan fingerprint density at radius 1 is 1.18 bits per heavy atom. The predicted molar refractivity (Wildman–Crippen MR) is 110 cm³/mol. The lowest BCUT2D eigenvalue weighted by atomic mass is 10.1. The lowest BCUT2D eigenvalue weighted by Crippen LogP contribution is -2.40. The van der Waals surface area contributed by atoms with Gasteiger partial charge in [-0.25, -0.2) is 4.98 Å². The summed E-state index contributed by atoms with van der Waals surface area (Å²) in [5.74, 6) is 0.787. The first-order valence-corrected chi connectivity index (χ1v) is 10.2. The van der Waals surface area contributed by atoms with Gasteiger partial charge in [-0.1, -0.05) is 29.8 Å². The number of carbonyl (C=O) groups is 1. The number of nitrogens with zero attached hydrogens (tertiary/aromatic N) is 2. The highest BCUT2D eigenvalue weighted by Gasteiger charge is 2.21. The number of hydrogen-bond donors (Lipinski definition) is 0. The molecule has 0 unspecified atom stereocenters. The lowest BCUT2D eigenvalue weighted by Gasteiger charge is -2.25. The molecular weight excluding hydrogens is 372 g/mol. The fourth-order valence-electron chi connectivity index (χ4n) is 3.10. The van der Waals surface area contributed by atoms with E-state index in [9.17, 15) is 4.79 Å². The van der Waals surface area contributed by atoms with Crippen molar-refractivity contribution in [1.29, 1.82) is 0 Å². The molecule has 2 heterocycles. The molecule has 0 N–H and O–H groups in total. The molecule has 144 valence electrons. The third-order valence-corrected chi connectivity index (χ3v) is 5.50. The normalized spacial score (nSPS) is 14.1. The molecule has 0 saturated carbocycles. The van der Waals surface area contributed by atoms with E-state index in [1.165, 1.54) is 16.9 Å². The highest BCUT2D eigenvalue weighted by atomic mass is 32.1. The quantitative estimate of drug-likeness (QED) is 0.652. The number of aryl methyl sites for hydroxylation is 1. The second-order valence-electron chi connectivity index (χ2n) is 6.74. The summed E-state index contributed by atoms with van der Waals surface area (Å²) in [7, 11) is 0. The maximum atomic E-state index is 12.5. The van der Waals surface area contributed by atoms with Crippen LogP contribution in [0.5, 0.6) is 5.75 Å². The fraction of sp³-hybridized carbons (Fsp3) is 0.273. The van der Waals surface area contributed by atoms with Crippen molar-refractivity contribution in [2.24, 2.45) is 0 Å². The Bertz CT molecular complexity index is 946. The van der Waals surface area contributed by atoms with Gasteiger partial charge in [0.1, 0.15) is 23.1 Å². The summed E-state index contributed by atoms with van der Waals surface area (Å²) >= 11 is 1.48. The lowest BCUT2D eigenvalue weighted by molar-refractivity contribution is 0.0299. The van der Waals surface area contributed by atoms with Gasteiger partial charge in [0.15, 0.2) is 0 Å². The van der Waals surface area contributed by atoms with Gasteiger partial charge in [-0.2, -0.15) is 0 Å². The molecule has 6 heteroatoms. The van der Waals surface area contributed by atoms with Crippen LogP contribution in [0.2, 0.25) is 0 Å². The van der Waals surface area contributed by atoms with Gasteiger partial charge in [0, 0.05) is 24.0 Å². The van der Waals surface area contributed by atoms with Crippen molar-refractivity contribution in [2.45, 2.75) is 13.5 Å². The van der Waals surface area contributed by atoms with Crippen LogP contribution in [0.15, 0.2) is 53.9 Å². The van der Waals surface area contributed by atoms with Crippen LogP contribution in [-0.2, 0) is 11.3 Å². The van der Waals surface area contributed by atoms with E-state index in [4.69, 9.17) is 9.47 Å². The van der Waals surface area contributed by atoms with Gasteiger partial charge < -0.3 is 14.4 Å². The van der Waals surface area contributed by atoms with Crippen LogP contribution in [-0.4, -0.2) is 42.1 Å². The minimum absolute atomic E-state index is 0.0242. The molecule has 0 spiro atoms. The zero-order valence-electron chi connectivity index (χ0n) is 15.8. The molecule has 1 fully saturated rings. The first-order valence-electron chi connectivity index (χ1n) is 9.30. The van der Waals surface area contributed by atoms with Gasteiger partial charge in [0.2, 0.25) is 0 Å². The molecule has 0 bridgehead atoms. The smallest absolute Gasteiger partial charge is 0.273 e. The van der Waals surface area contributed by atoms with Crippen LogP contribution in [0.4, 0.5) is 0 Å². The minimum atomic E-state index is -0.0242. The number of benzene rings is 2. The van der Waals surface area contributed by atoms with Crippen molar-refractivity contribution in [3.05, 3.63) is 70.7 Å². The minimum Gasteiger partial charge on any atom is -0.489 e. The monoisotopic (exact) mass is 394 g/mol. The molecule has 0 aliphatic carbocycles. The molecule has 28 heavy (non-hydrogen) atoms. The van der Waals surface area contributed by atoms with Gasteiger partial charge in [0.05, 0.1) is 13.2 Å². The van der Waals surface area contributed by atoms with Crippen molar-refractivity contribution in [1.82, 2.24) is 9.88 Å². The van der Waals surface area contributed by atoms with Crippen LogP contribution in [0.1, 0.15) is 21.6 Å². The Morgan fingerprint density at radius 3 is 2.71 bits per heavy atom. The Morgan fingerprint density at radius 2 is 1.96 bits per heavy atom. The number of carbonyl (C=O) groups excluding carboxylic acids is 1. The zero-order chi connectivity index (χ0) is 19.3. The maximum absolute atomic E-state index is 12.5. The summed E-state index contributed by atoms with van der Waals surface area (Å²) in [4.78, 5) is 18.9. The summed E-state index contributed by atoms with van der Waals surface area (Å²) in [6, 6.07) is 16.1. The number of amides is 1. The molecule has 1 saturated heterocycles. The van der Waals surface area contributed by atoms with Crippen molar-refractivity contribution < 1.29 is 14.3 Å². The van der Waals surface area contributed by atoms with Crippen molar-refractivity contribution in [3.8, 4) is 16.3 Å². The van der Waals surface area contributed by atoms with Crippen LogP contribution >= 0.6 is 11.3 Å². The number of morpholine rings is 1. The average Bonchev–Trinajstić information content (AvgIpc) is 3.23. The highest BCUT2D eigenvalue weighted by molar-refractivity contribution is 7.13. The third kappa shape index (κ3) is 4.40. The van der Waals surface area contributed by atoms with E-state index >= 15 is 0 Å². The second kappa shape index (κ2) is 8.54. The van der Waals surface area contributed by atoms with Crippen molar-refractivity contribution in [2.75, 3.05) is 26.3 Å². The van der Waals surface area contributed by atoms with Gasteiger partial charge in [-0.05, 0) is 36.8 Å². The number of hydrogen-bond acceptors (Lipinski definition) is 5. The van der Waals surface area contributed by atoms with Crippen LogP contribution in [0.25, 0.3) is 10.6 Å². The molecule has 2 aromatic carbocycles. The zero-order valence-corrected chi connectivity index (χ0v) is 16.6. The van der Waals surface area contributed by atoms with E-state index in [2.05, 4.69) is 30.1 Å². The van der Waals surface area contributed by atoms with Gasteiger partial charge >= 0.3 is 0 Å². The Labute approximate surface area is 168 Å². The van der Waals surface area contributed by atoms with Gasteiger partial charge in [-0.3, -0.25) is 4.79 Å². The first kappa shape index (κ1) is 18.7. The molecular formula is C22H22N2O3S. The SMILES string of the molecule is Cc1cccc(COc2ccc(-c3nc(C(=O)N4CCOCC4)cs3)cc2)c1. The van der Waals surface area contributed by atoms with Crippen LogP contribution in [0.3, 0.4) is 0 Å². The maximum Gasteiger partial charge on any atom is 0.273 e. The number of ether oxygens (including phenoxy) is 2. The molecule has 4 rings (SSSR count). The molecule has 1 amide bonds. The van der Waals surface area contributed by atoms with E-state index in [0.717, 1.165) is 21.9 Å². The standard InChI is InChI=1S/C22H22N2O3S/c1-16-3-2-4-17(13-16)14-27-19-7-5-18(6-8-19)21-23-20(15-28-21)22(25)24-9-11-26-12-10-24/h2-8,13,15H,9-12,14H2,1H3. The first-order chi connectivity index (χ1) is 13.7. The fourth-order valence-corrected chi connectivity index (χ4v) is 3.90. The molecule has 1 aliphatic heterocycles. The molecule has 0 radical (unpaired) electrons. The van der Waals surface area contributed by atoms with E-state index < -0.39 is 0 Å². The Balaban J connectivity index is 1.40. The topological polar surface area (TPSA) is 51.7 Å². The molecule has 0 atom stereocenters. The summed E-state index contributed by atoms with van der Waals surface area (Å²) in [5, 5.41) is 2.66. The van der Waals surface area contributed by atoms with Gasteiger partial charge in [0.25, 0.3) is 5.91 Å². The third-order valence-electron chi connectivity index (χ3n) is 4.61. The molecule has 3 aromatic rings. The largest absolute Gasteiger partial charge is 0.489 e. The number of rotatable bonds is 5. The van der Waals surface area contributed by atoms with E-state index in [1.807, 2.05) is 35.7 Å². The van der Waals surface area contributed by atoms with E-state index in [-0.39, 0.29) is 5.91 Å². The number of thiazole rings is 1. The summed E-state index contributed by atoms with van der Waals surface area (Å²) < 4.78 is 11.2.